The summed E-state index contributed by atoms with van der Waals surface area (Å²) in [5.74, 6) is -3.76. The van der Waals surface area contributed by atoms with E-state index in [0.717, 1.165) is 0 Å². The molecule has 0 saturated heterocycles. The number of aromatic nitrogens is 2. The van der Waals surface area contributed by atoms with Crippen LogP contribution in [-0.2, 0) is 11.2 Å². The Morgan fingerprint density at radius 2 is 2.00 bits per heavy atom. The Balaban J connectivity index is 1.94. The number of fused-ring (bicyclic) bond motifs is 1. The average Bonchev–Trinajstić information content (AvgIpc) is 3.08. The van der Waals surface area contributed by atoms with Gasteiger partial charge in [-0.05, 0) is 24.3 Å². The molecule has 8 nitrogen and oxygen atoms in total. The van der Waals surface area contributed by atoms with Gasteiger partial charge in [0.2, 0.25) is 5.39 Å². The molecule has 0 aliphatic carbocycles. The molecule has 1 amide bonds. The molecule has 1 N–H and O–H groups in total. The largest absolute Gasteiger partial charge is 0.493 e. The number of halogens is 4. The molecule has 1 aromatic carbocycles. The van der Waals surface area contributed by atoms with Gasteiger partial charge in [-0.15, -0.1) is 0 Å². The fraction of sp³-hybridized carbons (Fsp3) is 0.150. The molecule has 0 fully saturated rings. The molecule has 3 aromatic rings. The number of diazo groups is 1. The van der Waals surface area contributed by atoms with Gasteiger partial charge in [0.1, 0.15) is 5.82 Å². The highest BCUT2D eigenvalue weighted by Crippen LogP contribution is 2.40. The van der Waals surface area contributed by atoms with E-state index in [0.29, 0.717) is 10.3 Å². The molecule has 0 spiro atoms. The van der Waals surface area contributed by atoms with Crippen molar-refractivity contribution in [3.05, 3.63) is 64.6 Å². The molecule has 0 saturated carbocycles. The van der Waals surface area contributed by atoms with Gasteiger partial charge >= 0.3 is 17.8 Å². The maximum atomic E-state index is 13.6. The fourth-order valence-corrected chi connectivity index (χ4v) is 3.41. The lowest BCUT2D eigenvalue weighted by Gasteiger charge is -2.16. The van der Waals surface area contributed by atoms with E-state index in [9.17, 15) is 32.5 Å². The number of alkyl halides is 3. The van der Waals surface area contributed by atoms with Crippen molar-refractivity contribution in [2.75, 3.05) is 6.54 Å². The lowest BCUT2D eigenvalue weighted by Crippen LogP contribution is -2.37. The van der Waals surface area contributed by atoms with Crippen LogP contribution in [0.2, 0.25) is 0 Å². The summed E-state index contributed by atoms with van der Waals surface area (Å²) in [5, 5.41) is 12.1. The Hall–Kier alpha value is -4.27. The molecular weight excluding hydrogens is 434 g/mol. The molecule has 12 heteroatoms. The van der Waals surface area contributed by atoms with E-state index in [1.807, 2.05) is 0 Å². The second kappa shape index (κ2) is 7.77. The van der Waals surface area contributed by atoms with Crippen LogP contribution in [0.1, 0.15) is 16.1 Å². The first-order chi connectivity index (χ1) is 15.2. The first-order valence-electron chi connectivity index (χ1n) is 9.13. The number of hydrogen-bond acceptors (Lipinski definition) is 5. The smallest absolute Gasteiger partial charge is 0.351 e. The normalized spacial score (nSPS) is 13.2. The average molecular weight is 446 g/mol. The van der Waals surface area contributed by atoms with Gasteiger partial charge in [-0.1, -0.05) is 12.1 Å². The van der Waals surface area contributed by atoms with Crippen LogP contribution in [0.5, 0.6) is 0 Å². The van der Waals surface area contributed by atoms with Gasteiger partial charge in [0.05, 0.1) is 11.4 Å². The topological polar surface area (TPSA) is 101 Å². The van der Waals surface area contributed by atoms with E-state index < -0.39 is 23.9 Å². The van der Waals surface area contributed by atoms with Crippen molar-refractivity contribution < 1.29 is 32.0 Å². The number of pyridine rings is 1. The van der Waals surface area contributed by atoms with Gasteiger partial charge in [0.15, 0.2) is 16.2 Å². The summed E-state index contributed by atoms with van der Waals surface area (Å²) in [5.41, 5.74) is -0.239. The summed E-state index contributed by atoms with van der Waals surface area (Å²) >= 11 is 0. The SMILES string of the molecule is N#[N+]c1c2c(n(OC(=O)C(F)(F)F)c1-c1ccnc(-c3cccc(F)c3)c1)CCNC2=O. The molecule has 0 unspecified atom stereocenters. The fourth-order valence-electron chi connectivity index (χ4n) is 3.41. The van der Waals surface area contributed by atoms with Crippen molar-refractivity contribution in [2.45, 2.75) is 12.6 Å². The zero-order valence-corrected chi connectivity index (χ0v) is 16.0. The predicted octanol–water partition coefficient (Wildman–Crippen LogP) is 3.64. The van der Waals surface area contributed by atoms with Crippen molar-refractivity contribution in [2.24, 2.45) is 0 Å². The third-order valence-corrected chi connectivity index (χ3v) is 4.73. The van der Waals surface area contributed by atoms with E-state index >= 15 is 0 Å². The standard InChI is InChI=1S/C20H11F4N5O3/c21-12-3-1-2-10(8-12)13-9-11(4-6-26-13)17-16(28-25)15-14(5-7-27-18(15)30)29(17)32-19(31)20(22,23)24/h1-4,6,8-9H,5,7H2/p+1. The van der Waals surface area contributed by atoms with Crippen molar-refractivity contribution in [3.63, 3.8) is 0 Å². The number of nitrogens with one attached hydrogen (secondary N) is 1. The van der Waals surface area contributed by atoms with Crippen LogP contribution in [-0.4, -0.2) is 34.3 Å². The quantitative estimate of drug-likeness (QED) is 0.489. The summed E-state index contributed by atoms with van der Waals surface area (Å²) < 4.78 is 52.9. The highest BCUT2D eigenvalue weighted by Gasteiger charge is 2.45. The molecule has 0 bridgehead atoms. The molecule has 2 aromatic heterocycles. The molecule has 0 radical (unpaired) electrons. The van der Waals surface area contributed by atoms with Crippen molar-refractivity contribution in [3.8, 4) is 22.5 Å². The van der Waals surface area contributed by atoms with Crippen LogP contribution in [0.3, 0.4) is 0 Å². The van der Waals surface area contributed by atoms with Gasteiger partial charge in [-0.2, -0.15) is 17.9 Å². The summed E-state index contributed by atoms with van der Waals surface area (Å²) in [7, 11) is 0. The first-order valence-corrected chi connectivity index (χ1v) is 9.13. The van der Waals surface area contributed by atoms with Gasteiger partial charge in [-0.3, -0.25) is 9.78 Å². The van der Waals surface area contributed by atoms with Crippen LogP contribution in [0.15, 0.2) is 42.6 Å². The number of amides is 1. The number of benzene rings is 1. The van der Waals surface area contributed by atoms with E-state index in [-0.39, 0.29) is 46.9 Å². The van der Waals surface area contributed by atoms with Crippen molar-refractivity contribution in [1.82, 2.24) is 15.0 Å². The maximum Gasteiger partial charge on any atom is 0.493 e. The van der Waals surface area contributed by atoms with E-state index in [2.05, 4.69) is 20.1 Å². The zero-order valence-electron chi connectivity index (χ0n) is 16.0. The molecule has 1 aliphatic heterocycles. The zero-order chi connectivity index (χ0) is 23.0. The van der Waals surface area contributed by atoms with Crippen LogP contribution < -0.4 is 10.2 Å². The van der Waals surface area contributed by atoms with Crippen molar-refractivity contribution in [1.29, 1.82) is 5.39 Å². The maximum absolute atomic E-state index is 13.6. The van der Waals surface area contributed by atoms with E-state index in [4.69, 9.17) is 0 Å². The Bertz CT molecular complexity index is 1290. The van der Waals surface area contributed by atoms with Gasteiger partial charge in [0.25, 0.3) is 5.91 Å². The molecule has 3 heterocycles. The third-order valence-electron chi connectivity index (χ3n) is 4.73. The molecule has 0 atom stereocenters. The second-order valence-electron chi connectivity index (χ2n) is 6.74. The minimum Gasteiger partial charge on any atom is -0.351 e. The molecular formula is C20H12F4N5O3+. The summed E-state index contributed by atoms with van der Waals surface area (Å²) in [6, 6.07) is 8.17. The summed E-state index contributed by atoms with van der Waals surface area (Å²) in [6.45, 7) is 0.0641. The Labute approximate surface area is 177 Å². The molecule has 32 heavy (non-hydrogen) atoms. The van der Waals surface area contributed by atoms with Crippen LogP contribution in [0, 0.1) is 11.2 Å². The minimum atomic E-state index is -5.31. The first kappa shape index (κ1) is 21.0. The lowest BCUT2D eigenvalue weighted by atomic mass is 10.0. The number of carbonyl (C=O) groups is 2. The number of nitrogens with zero attached hydrogens (tertiary/aromatic N) is 4. The van der Waals surface area contributed by atoms with E-state index in [1.54, 1.807) is 6.07 Å². The minimum absolute atomic E-state index is 0.0105. The number of carbonyl (C=O) groups excluding carboxylic acids is 2. The number of hydrogen-bond donors (Lipinski definition) is 1. The lowest BCUT2D eigenvalue weighted by molar-refractivity contribution is -0.199. The Morgan fingerprint density at radius 3 is 2.69 bits per heavy atom. The van der Waals surface area contributed by atoms with Crippen LogP contribution in [0.4, 0.5) is 23.2 Å². The summed E-state index contributed by atoms with van der Waals surface area (Å²) in [6.07, 6.45) is -4.01. The van der Waals surface area contributed by atoms with Gasteiger partial charge in [0, 0.05) is 30.3 Å². The van der Waals surface area contributed by atoms with Crippen molar-refractivity contribution >= 4 is 17.6 Å². The highest BCUT2D eigenvalue weighted by molar-refractivity contribution is 6.06. The number of rotatable bonds is 3. The van der Waals surface area contributed by atoms with Crippen LogP contribution >= 0.6 is 0 Å². The molecule has 1 aliphatic rings. The van der Waals surface area contributed by atoms with Gasteiger partial charge < -0.3 is 10.2 Å². The van der Waals surface area contributed by atoms with Gasteiger partial charge in [-0.25, -0.2) is 9.18 Å². The third kappa shape index (κ3) is 3.64. The molecule has 162 valence electrons. The monoisotopic (exact) mass is 446 g/mol. The predicted molar refractivity (Wildman–Crippen MR) is 101 cm³/mol. The van der Waals surface area contributed by atoms with E-state index in [1.165, 1.54) is 36.5 Å². The highest BCUT2D eigenvalue weighted by atomic mass is 19.4. The van der Waals surface area contributed by atoms with Crippen LogP contribution in [0.25, 0.3) is 27.5 Å². The Kier molecular flexibility index (Phi) is 5.09. The molecule has 4 rings (SSSR count). The second-order valence-corrected chi connectivity index (χ2v) is 6.74. The Morgan fingerprint density at radius 1 is 1.22 bits per heavy atom. The summed E-state index contributed by atoms with van der Waals surface area (Å²) in [4.78, 5) is 35.7.